The van der Waals surface area contributed by atoms with E-state index in [0.717, 1.165) is 33.0 Å². The van der Waals surface area contributed by atoms with Crippen LogP contribution in [0.1, 0.15) is 16.0 Å². The minimum Gasteiger partial charge on any atom is -0.497 e. The maximum atomic E-state index is 10.9. The van der Waals surface area contributed by atoms with Crippen LogP contribution >= 0.6 is 39.3 Å². The Morgan fingerprint density at radius 1 is 1.24 bits per heavy atom. The molecule has 1 atom stereocenters. The molecule has 2 rings (SSSR count). The number of carbonyl (C=O) groups excluding carboxylic acids is 1. The lowest BCUT2D eigenvalue weighted by Gasteiger charge is -2.12. The second-order valence-electron chi connectivity index (χ2n) is 4.45. The first-order chi connectivity index (χ1) is 10.0. The van der Waals surface area contributed by atoms with Crippen LogP contribution in [0.3, 0.4) is 0 Å². The van der Waals surface area contributed by atoms with Crippen molar-refractivity contribution < 1.29 is 9.53 Å². The van der Waals surface area contributed by atoms with Crippen molar-refractivity contribution >= 4 is 45.6 Å². The van der Waals surface area contributed by atoms with Crippen LogP contribution in [0.15, 0.2) is 46.2 Å². The molecule has 0 aliphatic carbocycles. The molecule has 0 bridgehead atoms. The largest absolute Gasteiger partial charge is 0.497 e. The third-order valence-corrected chi connectivity index (χ3v) is 4.97. The number of hydrogen-bond acceptors (Lipinski definition) is 3. The third-order valence-electron chi connectivity index (χ3n) is 3.00. The number of halogens is 2. The molecule has 2 aromatic rings. The van der Waals surface area contributed by atoms with Crippen LogP contribution in [-0.2, 0) is 4.79 Å². The minimum atomic E-state index is -0.370. The Morgan fingerprint density at radius 3 is 2.43 bits per heavy atom. The number of ether oxygens (including phenoxy) is 1. The van der Waals surface area contributed by atoms with E-state index >= 15 is 0 Å². The Balaban J connectivity index is 2.26. The molecule has 0 N–H and O–H groups in total. The summed E-state index contributed by atoms with van der Waals surface area (Å²) in [6.07, 6.45) is 0.838. The molecule has 0 aliphatic heterocycles. The van der Waals surface area contributed by atoms with E-state index in [2.05, 4.69) is 15.9 Å². The van der Waals surface area contributed by atoms with Crippen molar-refractivity contribution in [2.24, 2.45) is 0 Å². The predicted octanol–water partition coefficient (Wildman–Crippen LogP) is 5.44. The quantitative estimate of drug-likeness (QED) is 0.506. The summed E-state index contributed by atoms with van der Waals surface area (Å²) >= 11 is 11.2. The zero-order valence-electron chi connectivity index (χ0n) is 11.6. The van der Waals surface area contributed by atoms with Crippen molar-refractivity contribution in [3.05, 3.63) is 52.5 Å². The lowest BCUT2D eigenvalue weighted by molar-refractivity contribution is -0.107. The number of carbonyl (C=O) groups is 1. The van der Waals surface area contributed by atoms with Crippen LogP contribution in [0.25, 0.3) is 0 Å². The summed E-state index contributed by atoms with van der Waals surface area (Å²) < 4.78 is 5.14. The van der Waals surface area contributed by atoms with Crippen molar-refractivity contribution in [1.29, 1.82) is 0 Å². The Labute approximate surface area is 142 Å². The molecule has 0 amide bonds. The Hall–Kier alpha value is -0.970. The summed E-state index contributed by atoms with van der Waals surface area (Å²) in [6, 6.07) is 11.8. The van der Waals surface area contributed by atoms with E-state index in [-0.39, 0.29) is 4.83 Å². The van der Waals surface area contributed by atoms with Crippen molar-refractivity contribution in [2.75, 3.05) is 7.11 Å². The van der Waals surface area contributed by atoms with Gasteiger partial charge in [0, 0.05) is 14.8 Å². The fourth-order valence-corrected chi connectivity index (χ4v) is 4.13. The van der Waals surface area contributed by atoms with Crippen molar-refractivity contribution in [3.8, 4) is 5.75 Å². The summed E-state index contributed by atoms with van der Waals surface area (Å²) in [5.74, 6) is 0.831. The predicted molar refractivity (Wildman–Crippen MR) is 91.0 cm³/mol. The Kier molecular flexibility index (Phi) is 5.73. The highest BCUT2D eigenvalue weighted by atomic mass is 79.9. The smallest absolute Gasteiger partial charge is 0.138 e. The van der Waals surface area contributed by atoms with E-state index in [4.69, 9.17) is 16.3 Å². The molecular formula is C16H14BrClO2S. The van der Waals surface area contributed by atoms with Crippen LogP contribution in [0.2, 0.25) is 5.02 Å². The van der Waals surface area contributed by atoms with E-state index < -0.39 is 0 Å². The van der Waals surface area contributed by atoms with Gasteiger partial charge in [-0.25, -0.2) is 0 Å². The highest BCUT2D eigenvalue weighted by Gasteiger charge is 2.15. The standard InChI is InChI=1S/C16H14BrClO2S/c1-10-7-13(8-15(18)16(10)14(17)9-19)21-12-5-3-11(20-2)4-6-12/h3-9,14H,1-2H3. The van der Waals surface area contributed by atoms with E-state index in [1.54, 1.807) is 18.9 Å². The monoisotopic (exact) mass is 384 g/mol. The van der Waals surface area contributed by atoms with Gasteiger partial charge < -0.3 is 9.53 Å². The highest BCUT2D eigenvalue weighted by molar-refractivity contribution is 9.09. The molecule has 0 spiro atoms. The Bertz CT molecular complexity index is 620. The van der Waals surface area contributed by atoms with Crippen molar-refractivity contribution in [3.63, 3.8) is 0 Å². The van der Waals surface area contributed by atoms with Crippen molar-refractivity contribution in [2.45, 2.75) is 21.5 Å². The molecule has 2 aromatic carbocycles. The van der Waals surface area contributed by atoms with E-state index in [0.29, 0.717) is 5.02 Å². The molecule has 5 heteroatoms. The van der Waals surface area contributed by atoms with E-state index in [1.807, 2.05) is 43.3 Å². The normalized spacial score (nSPS) is 12.0. The fourth-order valence-electron chi connectivity index (χ4n) is 1.98. The highest BCUT2D eigenvalue weighted by Crippen LogP contribution is 2.37. The summed E-state index contributed by atoms with van der Waals surface area (Å²) in [7, 11) is 1.65. The van der Waals surface area contributed by atoms with Gasteiger partial charge in [-0.15, -0.1) is 0 Å². The first-order valence-corrected chi connectivity index (χ1v) is 8.37. The number of methoxy groups -OCH3 is 1. The van der Waals surface area contributed by atoms with Crippen LogP contribution in [0.4, 0.5) is 0 Å². The molecule has 21 heavy (non-hydrogen) atoms. The molecule has 1 unspecified atom stereocenters. The molecular weight excluding hydrogens is 372 g/mol. The lowest BCUT2D eigenvalue weighted by atomic mass is 10.1. The van der Waals surface area contributed by atoms with Gasteiger partial charge in [-0.1, -0.05) is 39.3 Å². The molecule has 0 heterocycles. The number of hydrogen-bond donors (Lipinski definition) is 0. The van der Waals surface area contributed by atoms with Gasteiger partial charge >= 0.3 is 0 Å². The van der Waals surface area contributed by atoms with E-state index in [9.17, 15) is 4.79 Å². The number of aryl methyl sites for hydroxylation is 1. The zero-order chi connectivity index (χ0) is 15.4. The van der Waals surface area contributed by atoms with Crippen LogP contribution < -0.4 is 4.74 Å². The van der Waals surface area contributed by atoms with Crippen LogP contribution in [0.5, 0.6) is 5.75 Å². The average Bonchev–Trinajstić information content (AvgIpc) is 2.47. The average molecular weight is 386 g/mol. The van der Waals surface area contributed by atoms with Gasteiger partial charge in [-0.2, -0.15) is 0 Å². The topological polar surface area (TPSA) is 26.3 Å². The number of aldehydes is 1. The van der Waals surface area contributed by atoms with Crippen LogP contribution in [0, 0.1) is 6.92 Å². The van der Waals surface area contributed by atoms with Gasteiger partial charge in [0.2, 0.25) is 0 Å². The Morgan fingerprint density at radius 2 is 1.90 bits per heavy atom. The van der Waals surface area contributed by atoms with Crippen molar-refractivity contribution in [1.82, 2.24) is 0 Å². The molecule has 0 aromatic heterocycles. The molecule has 0 aliphatic rings. The molecule has 110 valence electrons. The summed E-state index contributed by atoms with van der Waals surface area (Å²) in [5, 5.41) is 0.597. The number of benzene rings is 2. The maximum Gasteiger partial charge on any atom is 0.138 e. The van der Waals surface area contributed by atoms with Crippen LogP contribution in [-0.4, -0.2) is 13.4 Å². The molecule has 2 nitrogen and oxygen atoms in total. The first-order valence-electron chi connectivity index (χ1n) is 6.26. The SMILES string of the molecule is COc1ccc(Sc2cc(C)c(C(Br)C=O)c(Cl)c2)cc1. The van der Waals surface area contributed by atoms with Gasteiger partial charge in [0.05, 0.1) is 11.9 Å². The van der Waals surface area contributed by atoms with Gasteiger partial charge in [0.1, 0.15) is 12.0 Å². The summed E-state index contributed by atoms with van der Waals surface area (Å²) in [4.78, 5) is 12.7. The fraction of sp³-hybridized carbons (Fsp3) is 0.188. The van der Waals surface area contributed by atoms with Gasteiger partial charge in [-0.3, -0.25) is 0 Å². The van der Waals surface area contributed by atoms with Gasteiger partial charge in [-0.05, 0) is 54.4 Å². The number of rotatable bonds is 5. The van der Waals surface area contributed by atoms with Gasteiger partial charge in [0.25, 0.3) is 0 Å². The minimum absolute atomic E-state index is 0.370. The summed E-state index contributed by atoms with van der Waals surface area (Å²) in [6.45, 7) is 1.96. The molecule has 0 radical (unpaired) electrons. The molecule has 0 saturated heterocycles. The first kappa shape index (κ1) is 16.4. The zero-order valence-corrected chi connectivity index (χ0v) is 14.8. The third kappa shape index (κ3) is 4.02. The summed E-state index contributed by atoms with van der Waals surface area (Å²) in [5.41, 5.74) is 1.82. The van der Waals surface area contributed by atoms with Gasteiger partial charge in [0.15, 0.2) is 0 Å². The maximum absolute atomic E-state index is 10.9. The molecule has 0 saturated carbocycles. The second-order valence-corrected chi connectivity index (χ2v) is 6.99. The lowest BCUT2D eigenvalue weighted by Crippen LogP contribution is -1.96. The molecule has 0 fully saturated rings. The van der Waals surface area contributed by atoms with E-state index in [1.165, 1.54) is 0 Å². The number of alkyl halides is 1. The second kappa shape index (κ2) is 7.34.